The van der Waals surface area contributed by atoms with Crippen LogP contribution in [-0.4, -0.2) is 14.9 Å². The van der Waals surface area contributed by atoms with Crippen molar-refractivity contribution in [2.75, 3.05) is 6.61 Å². The molecule has 0 aliphatic heterocycles. The van der Waals surface area contributed by atoms with Crippen LogP contribution in [0.5, 0.6) is 0 Å². The average molecular weight is 273 g/mol. The molecule has 1 atom stereocenters. The number of hydrogen-bond acceptors (Lipinski definition) is 1. The number of hydrogen-bond donors (Lipinski definition) is 0. The van der Waals surface area contributed by atoms with Crippen LogP contribution >= 0.6 is 0 Å². The molecule has 0 heterocycles. The smallest absolute Gasteiger partial charge is 0.191 e. The van der Waals surface area contributed by atoms with Crippen LogP contribution in [-0.2, 0) is 4.43 Å². The molecule has 0 aromatic carbocycles. The molecule has 0 fully saturated rings. The standard InChI is InChI=1S/C16H36OSi/c1-14(2)10-9-11-15(3)12-13-17-18(7,8)16(4,5)6/h14-15H,9-13H2,1-8H3/t15-/m1/s1. The van der Waals surface area contributed by atoms with Crippen LogP contribution in [0.3, 0.4) is 0 Å². The van der Waals surface area contributed by atoms with Crippen LogP contribution in [0.15, 0.2) is 0 Å². The second-order valence-corrected chi connectivity index (χ2v) is 12.6. The largest absolute Gasteiger partial charge is 0.417 e. The van der Waals surface area contributed by atoms with E-state index in [0.29, 0.717) is 5.04 Å². The van der Waals surface area contributed by atoms with Crippen molar-refractivity contribution in [3.05, 3.63) is 0 Å². The van der Waals surface area contributed by atoms with Crippen molar-refractivity contribution in [3.8, 4) is 0 Å². The monoisotopic (exact) mass is 272 g/mol. The summed E-state index contributed by atoms with van der Waals surface area (Å²) in [6.07, 6.45) is 5.33. The SMILES string of the molecule is CC(C)CCC[C@@H](C)CCO[Si](C)(C)C(C)(C)C. The summed E-state index contributed by atoms with van der Waals surface area (Å²) in [4.78, 5) is 0. The van der Waals surface area contributed by atoms with Crippen molar-refractivity contribution >= 4 is 8.32 Å². The Morgan fingerprint density at radius 2 is 1.50 bits per heavy atom. The van der Waals surface area contributed by atoms with Crippen LogP contribution < -0.4 is 0 Å². The summed E-state index contributed by atoms with van der Waals surface area (Å²) in [6.45, 7) is 19.6. The van der Waals surface area contributed by atoms with Gasteiger partial charge in [-0.25, -0.2) is 0 Å². The Balaban J connectivity index is 3.77. The third kappa shape index (κ3) is 7.58. The average Bonchev–Trinajstić information content (AvgIpc) is 2.14. The molecule has 110 valence electrons. The van der Waals surface area contributed by atoms with E-state index in [2.05, 4.69) is 54.6 Å². The van der Waals surface area contributed by atoms with Crippen molar-refractivity contribution < 1.29 is 4.43 Å². The van der Waals surface area contributed by atoms with Crippen molar-refractivity contribution in [1.82, 2.24) is 0 Å². The van der Waals surface area contributed by atoms with Gasteiger partial charge in [0.15, 0.2) is 8.32 Å². The molecule has 2 heteroatoms. The summed E-state index contributed by atoms with van der Waals surface area (Å²) in [5.74, 6) is 1.66. The first-order valence-electron chi connectivity index (χ1n) is 7.70. The second-order valence-electron chi connectivity index (χ2n) is 7.83. The van der Waals surface area contributed by atoms with Gasteiger partial charge in [-0.3, -0.25) is 0 Å². The fourth-order valence-electron chi connectivity index (χ4n) is 1.75. The summed E-state index contributed by atoms with van der Waals surface area (Å²) < 4.78 is 6.23. The third-order valence-corrected chi connectivity index (χ3v) is 8.90. The van der Waals surface area contributed by atoms with Crippen molar-refractivity contribution in [2.45, 2.75) is 85.4 Å². The molecule has 0 unspecified atom stereocenters. The van der Waals surface area contributed by atoms with Gasteiger partial charge in [0.05, 0.1) is 0 Å². The first kappa shape index (κ1) is 18.2. The summed E-state index contributed by atoms with van der Waals surface area (Å²) >= 11 is 0. The van der Waals surface area contributed by atoms with E-state index in [1.165, 1.54) is 25.7 Å². The molecule has 0 rings (SSSR count). The molecule has 0 saturated carbocycles. The maximum Gasteiger partial charge on any atom is 0.191 e. The predicted molar refractivity (Wildman–Crippen MR) is 85.6 cm³/mol. The maximum atomic E-state index is 6.23. The van der Waals surface area contributed by atoms with Gasteiger partial charge < -0.3 is 4.43 Å². The Morgan fingerprint density at radius 1 is 0.944 bits per heavy atom. The maximum absolute atomic E-state index is 6.23. The van der Waals surface area contributed by atoms with Gasteiger partial charge >= 0.3 is 0 Å². The Morgan fingerprint density at radius 3 is 1.94 bits per heavy atom. The van der Waals surface area contributed by atoms with E-state index in [-0.39, 0.29) is 0 Å². The van der Waals surface area contributed by atoms with Gasteiger partial charge in [0.1, 0.15) is 0 Å². The van der Waals surface area contributed by atoms with E-state index < -0.39 is 8.32 Å². The van der Waals surface area contributed by atoms with E-state index >= 15 is 0 Å². The van der Waals surface area contributed by atoms with E-state index in [0.717, 1.165) is 18.4 Å². The molecule has 0 amide bonds. The minimum Gasteiger partial charge on any atom is -0.417 e. The van der Waals surface area contributed by atoms with Gasteiger partial charge in [-0.15, -0.1) is 0 Å². The lowest BCUT2D eigenvalue weighted by Crippen LogP contribution is -2.41. The summed E-state index contributed by atoms with van der Waals surface area (Å²) in [7, 11) is -1.52. The zero-order valence-corrected chi connectivity index (χ0v) is 15.1. The van der Waals surface area contributed by atoms with E-state index in [9.17, 15) is 0 Å². The molecule has 0 aromatic heterocycles. The molecule has 0 aliphatic rings. The summed E-state index contributed by atoms with van der Waals surface area (Å²) in [5, 5.41) is 0.341. The van der Waals surface area contributed by atoms with E-state index in [1.54, 1.807) is 0 Å². The van der Waals surface area contributed by atoms with Gasteiger partial charge in [0.25, 0.3) is 0 Å². The minimum atomic E-state index is -1.52. The molecule has 1 nitrogen and oxygen atoms in total. The highest BCUT2D eigenvalue weighted by Gasteiger charge is 2.36. The lowest BCUT2D eigenvalue weighted by molar-refractivity contribution is 0.254. The van der Waals surface area contributed by atoms with E-state index in [1.807, 2.05) is 0 Å². The van der Waals surface area contributed by atoms with Gasteiger partial charge in [-0.2, -0.15) is 0 Å². The highest BCUT2D eigenvalue weighted by Crippen LogP contribution is 2.36. The lowest BCUT2D eigenvalue weighted by atomic mass is 9.98. The Kier molecular flexibility index (Phi) is 7.77. The first-order chi connectivity index (χ1) is 8.06. The molecule has 0 N–H and O–H groups in total. The van der Waals surface area contributed by atoms with Crippen LogP contribution in [0.25, 0.3) is 0 Å². The number of rotatable bonds is 8. The fourth-order valence-corrected chi connectivity index (χ4v) is 2.81. The van der Waals surface area contributed by atoms with Gasteiger partial charge in [-0.1, -0.05) is 60.8 Å². The normalized spacial score (nSPS) is 15.2. The topological polar surface area (TPSA) is 9.23 Å². The van der Waals surface area contributed by atoms with Crippen molar-refractivity contribution in [3.63, 3.8) is 0 Å². The zero-order chi connectivity index (χ0) is 14.4. The molecule has 0 aliphatic carbocycles. The molecule has 0 bridgehead atoms. The van der Waals surface area contributed by atoms with Crippen LogP contribution in [0.4, 0.5) is 0 Å². The molecule has 0 saturated heterocycles. The van der Waals surface area contributed by atoms with Crippen LogP contribution in [0.2, 0.25) is 18.1 Å². The van der Waals surface area contributed by atoms with Crippen molar-refractivity contribution in [1.29, 1.82) is 0 Å². The Hall–Kier alpha value is 0.177. The zero-order valence-electron chi connectivity index (χ0n) is 14.1. The molecule has 0 spiro atoms. The fraction of sp³-hybridized carbons (Fsp3) is 1.00. The van der Waals surface area contributed by atoms with Gasteiger partial charge in [0.2, 0.25) is 0 Å². The molecule has 18 heavy (non-hydrogen) atoms. The quantitative estimate of drug-likeness (QED) is 0.503. The minimum absolute atomic E-state index is 0.341. The van der Waals surface area contributed by atoms with Crippen LogP contribution in [0, 0.1) is 11.8 Å². The third-order valence-electron chi connectivity index (χ3n) is 4.36. The van der Waals surface area contributed by atoms with Gasteiger partial charge in [-0.05, 0) is 36.4 Å². The predicted octanol–water partition coefficient (Wildman–Crippen LogP) is 5.86. The lowest BCUT2D eigenvalue weighted by Gasteiger charge is -2.36. The van der Waals surface area contributed by atoms with Crippen LogP contribution in [0.1, 0.15) is 67.2 Å². The highest BCUT2D eigenvalue weighted by molar-refractivity contribution is 6.74. The molecule has 0 radical (unpaired) electrons. The molecular weight excluding hydrogens is 236 g/mol. The molecular formula is C16H36OSi. The van der Waals surface area contributed by atoms with Crippen molar-refractivity contribution in [2.24, 2.45) is 11.8 Å². The Labute approximate surface area is 117 Å². The van der Waals surface area contributed by atoms with E-state index in [4.69, 9.17) is 4.43 Å². The Bertz CT molecular complexity index is 216. The molecule has 0 aromatic rings. The first-order valence-corrected chi connectivity index (χ1v) is 10.6. The summed E-state index contributed by atoms with van der Waals surface area (Å²) in [6, 6.07) is 0. The highest BCUT2D eigenvalue weighted by atomic mass is 28.4. The second kappa shape index (κ2) is 7.69. The summed E-state index contributed by atoms with van der Waals surface area (Å²) in [5.41, 5.74) is 0. The van der Waals surface area contributed by atoms with Gasteiger partial charge in [0, 0.05) is 6.61 Å².